The first-order chi connectivity index (χ1) is 14.6. The molecular formula is C20H22F3N3O4S. The smallest absolute Gasteiger partial charge is 0.416 e. The van der Waals surface area contributed by atoms with Crippen molar-refractivity contribution in [3.05, 3.63) is 54.1 Å². The van der Waals surface area contributed by atoms with Crippen molar-refractivity contribution in [2.75, 3.05) is 45.2 Å². The fourth-order valence-corrected chi connectivity index (χ4v) is 4.66. The molecule has 0 saturated carbocycles. The Morgan fingerprint density at radius 1 is 1.03 bits per heavy atom. The molecule has 168 valence electrons. The summed E-state index contributed by atoms with van der Waals surface area (Å²) in [6, 6.07) is 10.4. The molecule has 0 aromatic heterocycles. The lowest BCUT2D eigenvalue weighted by molar-refractivity contribution is -0.137. The summed E-state index contributed by atoms with van der Waals surface area (Å²) >= 11 is 0. The van der Waals surface area contributed by atoms with Crippen LogP contribution in [-0.2, 0) is 21.0 Å². The Morgan fingerprint density at radius 2 is 1.65 bits per heavy atom. The number of nitrogens with zero attached hydrogens (tertiary/aromatic N) is 2. The number of sulfonamides is 1. The lowest BCUT2D eigenvalue weighted by Gasteiger charge is -2.33. The van der Waals surface area contributed by atoms with Crippen LogP contribution in [0.15, 0.2) is 53.4 Å². The van der Waals surface area contributed by atoms with Gasteiger partial charge in [-0.15, -0.1) is 0 Å². The number of hydrogen-bond donors (Lipinski definition) is 1. The van der Waals surface area contributed by atoms with Crippen molar-refractivity contribution in [3.63, 3.8) is 0 Å². The van der Waals surface area contributed by atoms with Crippen molar-refractivity contribution in [2.45, 2.75) is 11.1 Å². The molecule has 1 aliphatic rings. The minimum absolute atomic E-state index is 0.0756. The highest BCUT2D eigenvalue weighted by atomic mass is 32.2. The predicted molar refractivity (Wildman–Crippen MR) is 108 cm³/mol. The number of methoxy groups -OCH3 is 1. The maximum Gasteiger partial charge on any atom is 0.416 e. The molecule has 1 fully saturated rings. The van der Waals surface area contributed by atoms with Crippen molar-refractivity contribution in [1.29, 1.82) is 0 Å². The summed E-state index contributed by atoms with van der Waals surface area (Å²) in [4.78, 5) is 13.9. The lowest BCUT2D eigenvalue weighted by Crippen LogP contribution is -2.50. The number of para-hydroxylation sites is 2. The van der Waals surface area contributed by atoms with E-state index in [2.05, 4.69) is 5.32 Å². The summed E-state index contributed by atoms with van der Waals surface area (Å²) in [6.45, 7) is 0.973. The van der Waals surface area contributed by atoms with E-state index in [9.17, 15) is 26.4 Å². The molecule has 1 heterocycles. The molecule has 0 atom stereocenters. The van der Waals surface area contributed by atoms with E-state index in [-0.39, 0.29) is 30.4 Å². The number of nitrogens with one attached hydrogen (secondary N) is 1. The van der Waals surface area contributed by atoms with Crippen LogP contribution in [-0.4, -0.2) is 63.4 Å². The van der Waals surface area contributed by atoms with Crippen LogP contribution in [0, 0.1) is 0 Å². The normalized spacial score (nSPS) is 16.1. The molecule has 3 rings (SSSR count). The number of amides is 1. The molecule has 2 aromatic carbocycles. The fourth-order valence-electron chi connectivity index (χ4n) is 3.23. The van der Waals surface area contributed by atoms with Gasteiger partial charge < -0.3 is 10.1 Å². The maximum absolute atomic E-state index is 12.7. The number of benzene rings is 2. The average Bonchev–Trinajstić information content (AvgIpc) is 2.74. The van der Waals surface area contributed by atoms with Gasteiger partial charge in [-0.3, -0.25) is 9.69 Å². The van der Waals surface area contributed by atoms with Crippen LogP contribution in [0.3, 0.4) is 0 Å². The van der Waals surface area contributed by atoms with Gasteiger partial charge in [-0.2, -0.15) is 17.5 Å². The van der Waals surface area contributed by atoms with Gasteiger partial charge in [0.25, 0.3) is 0 Å². The van der Waals surface area contributed by atoms with Crippen molar-refractivity contribution in [1.82, 2.24) is 9.21 Å². The quantitative estimate of drug-likeness (QED) is 0.722. The third-order valence-electron chi connectivity index (χ3n) is 4.90. The summed E-state index contributed by atoms with van der Waals surface area (Å²) in [5, 5.41) is 2.76. The van der Waals surface area contributed by atoms with Crippen LogP contribution in [0.2, 0.25) is 0 Å². The van der Waals surface area contributed by atoms with Gasteiger partial charge in [-0.05, 0) is 36.4 Å². The average molecular weight is 457 g/mol. The largest absolute Gasteiger partial charge is 0.495 e. The zero-order chi connectivity index (χ0) is 22.6. The Balaban J connectivity index is 1.56. The van der Waals surface area contributed by atoms with E-state index in [0.717, 1.165) is 24.3 Å². The predicted octanol–water partition coefficient (Wildman–Crippen LogP) is 2.66. The number of alkyl halides is 3. The van der Waals surface area contributed by atoms with E-state index in [1.54, 1.807) is 24.3 Å². The van der Waals surface area contributed by atoms with Gasteiger partial charge in [0.2, 0.25) is 15.9 Å². The van der Waals surface area contributed by atoms with Gasteiger partial charge in [-0.25, -0.2) is 8.42 Å². The Morgan fingerprint density at radius 3 is 2.23 bits per heavy atom. The number of ether oxygens (including phenoxy) is 1. The van der Waals surface area contributed by atoms with Crippen molar-refractivity contribution < 1.29 is 31.1 Å². The summed E-state index contributed by atoms with van der Waals surface area (Å²) in [5.74, 6) is 0.270. The van der Waals surface area contributed by atoms with Crippen LogP contribution in [0.4, 0.5) is 18.9 Å². The first-order valence-electron chi connectivity index (χ1n) is 9.44. The Kier molecular flexibility index (Phi) is 6.87. The SMILES string of the molecule is COc1ccccc1NC(=O)CN1CCN(S(=O)(=O)c2ccc(C(F)(F)F)cc2)CC1. The number of carbonyl (C=O) groups is 1. The number of hydrogen-bond acceptors (Lipinski definition) is 5. The topological polar surface area (TPSA) is 79.0 Å². The van der Waals surface area contributed by atoms with Gasteiger partial charge in [-0.1, -0.05) is 12.1 Å². The molecule has 0 unspecified atom stereocenters. The van der Waals surface area contributed by atoms with Crippen molar-refractivity contribution >= 4 is 21.6 Å². The first-order valence-corrected chi connectivity index (χ1v) is 10.9. The van der Waals surface area contributed by atoms with Gasteiger partial charge in [0, 0.05) is 26.2 Å². The number of halogens is 3. The van der Waals surface area contributed by atoms with Gasteiger partial charge in [0.05, 0.1) is 29.8 Å². The Hall–Kier alpha value is -2.63. The molecule has 7 nitrogen and oxygen atoms in total. The molecule has 0 aliphatic carbocycles. The van der Waals surface area contributed by atoms with Crippen LogP contribution >= 0.6 is 0 Å². The van der Waals surface area contributed by atoms with Gasteiger partial charge in [0.1, 0.15) is 5.75 Å². The molecule has 2 aromatic rings. The van der Waals surface area contributed by atoms with Crippen LogP contribution < -0.4 is 10.1 Å². The Labute approximate surface area is 178 Å². The summed E-state index contributed by atoms with van der Waals surface area (Å²) in [6.07, 6.45) is -4.53. The minimum atomic E-state index is -4.53. The van der Waals surface area contributed by atoms with Crippen molar-refractivity contribution in [2.24, 2.45) is 0 Å². The highest BCUT2D eigenvalue weighted by molar-refractivity contribution is 7.89. The van der Waals surface area contributed by atoms with Gasteiger partial charge >= 0.3 is 6.18 Å². The maximum atomic E-state index is 12.7. The standard InChI is InChI=1S/C20H22F3N3O4S/c1-30-18-5-3-2-4-17(18)24-19(27)14-25-10-12-26(13-11-25)31(28,29)16-8-6-15(7-9-16)20(21,22)23/h2-9H,10-14H2,1H3,(H,24,27). The monoisotopic (exact) mass is 457 g/mol. The molecular weight excluding hydrogens is 435 g/mol. The van der Waals surface area contributed by atoms with Gasteiger partial charge in [0.15, 0.2) is 0 Å². The first kappa shape index (κ1) is 23.0. The number of anilines is 1. The number of rotatable bonds is 6. The highest BCUT2D eigenvalue weighted by Gasteiger charge is 2.32. The zero-order valence-corrected chi connectivity index (χ0v) is 17.5. The second kappa shape index (κ2) is 9.25. The fraction of sp³-hybridized carbons (Fsp3) is 0.350. The second-order valence-corrected chi connectivity index (χ2v) is 8.89. The van der Waals surface area contributed by atoms with Crippen LogP contribution in [0.5, 0.6) is 5.75 Å². The third-order valence-corrected chi connectivity index (χ3v) is 6.81. The third kappa shape index (κ3) is 5.54. The van der Waals surface area contributed by atoms with Crippen LogP contribution in [0.1, 0.15) is 5.56 Å². The lowest BCUT2D eigenvalue weighted by atomic mass is 10.2. The summed E-state index contributed by atoms with van der Waals surface area (Å²) in [7, 11) is -2.41. The zero-order valence-electron chi connectivity index (χ0n) is 16.7. The van der Waals surface area contributed by atoms with E-state index in [1.807, 2.05) is 4.90 Å². The molecule has 1 aliphatic heterocycles. The number of carbonyl (C=O) groups excluding carboxylic acids is 1. The van der Waals surface area contributed by atoms with Crippen molar-refractivity contribution in [3.8, 4) is 5.75 Å². The summed E-state index contributed by atoms with van der Waals surface area (Å²) in [5.41, 5.74) is -0.365. The summed E-state index contributed by atoms with van der Waals surface area (Å²) < 4.78 is 69.9. The van der Waals surface area contributed by atoms with E-state index in [1.165, 1.54) is 11.4 Å². The minimum Gasteiger partial charge on any atom is -0.495 e. The molecule has 11 heteroatoms. The Bertz CT molecular complexity index is 1020. The molecule has 0 spiro atoms. The molecule has 1 N–H and O–H groups in total. The molecule has 1 saturated heterocycles. The van der Waals surface area contributed by atoms with E-state index in [0.29, 0.717) is 24.5 Å². The highest BCUT2D eigenvalue weighted by Crippen LogP contribution is 2.30. The van der Waals surface area contributed by atoms with E-state index in [4.69, 9.17) is 4.74 Å². The van der Waals surface area contributed by atoms with Crippen LogP contribution in [0.25, 0.3) is 0 Å². The molecule has 1 amide bonds. The molecule has 0 bridgehead atoms. The van der Waals surface area contributed by atoms with E-state index < -0.39 is 21.8 Å². The molecule has 31 heavy (non-hydrogen) atoms. The van der Waals surface area contributed by atoms with E-state index >= 15 is 0 Å². The number of piperazine rings is 1. The second-order valence-electron chi connectivity index (χ2n) is 6.95. The molecule has 0 radical (unpaired) electrons.